The Labute approximate surface area is 153 Å². The van der Waals surface area contributed by atoms with Crippen molar-refractivity contribution in [1.29, 1.82) is 0 Å². The second kappa shape index (κ2) is 9.58. The number of carbonyl (C=O) groups excluding carboxylic acids is 2. The summed E-state index contributed by atoms with van der Waals surface area (Å²) < 4.78 is 10.3. The van der Waals surface area contributed by atoms with E-state index in [9.17, 15) is 9.59 Å². The molecule has 2 N–H and O–H groups in total. The number of hydrogen-bond acceptors (Lipinski definition) is 4. The zero-order valence-corrected chi connectivity index (χ0v) is 15.2. The van der Waals surface area contributed by atoms with Gasteiger partial charge in [0.15, 0.2) is 6.61 Å². The van der Waals surface area contributed by atoms with Crippen molar-refractivity contribution in [2.45, 2.75) is 19.8 Å². The maximum atomic E-state index is 12.0. The monoisotopic (exact) mass is 356 g/mol. The molecule has 0 radical (unpaired) electrons. The maximum absolute atomic E-state index is 12.0. The third-order valence-electron chi connectivity index (χ3n) is 3.62. The normalized spacial score (nSPS) is 10.5. The molecule has 0 saturated heterocycles. The lowest BCUT2D eigenvalue weighted by molar-refractivity contribution is -0.120. The highest BCUT2D eigenvalue weighted by Gasteiger charge is 2.06. The number of amides is 2. The SMILES string of the molecule is COCC(=O)Nc1ccc(NC(=O)COc2cccc(C(C)C)c2)cc1. The molecule has 0 atom stereocenters. The molecule has 26 heavy (non-hydrogen) atoms. The Kier molecular flexibility index (Phi) is 7.17. The first-order valence-electron chi connectivity index (χ1n) is 8.39. The minimum atomic E-state index is -0.254. The van der Waals surface area contributed by atoms with Gasteiger partial charge in [0.2, 0.25) is 5.91 Å². The molecule has 6 nitrogen and oxygen atoms in total. The predicted octanol–water partition coefficient (Wildman–Crippen LogP) is 3.41. The number of carbonyl (C=O) groups is 2. The smallest absolute Gasteiger partial charge is 0.262 e. The van der Waals surface area contributed by atoms with Gasteiger partial charge in [0.1, 0.15) is 12.4 Å². The molecule has 2 amide bonds. The van der Waals surface area contributed by atoms with Crippen molar-refractivity contribution < 1.29 is 19.1 Å². The molecular weight excluding hydrogens is 332 g/mol. The van der Waals surface area contributed by atoms with E-state index < -0.39 is 0 Å². The predicted molar refractivity (Wildman–Crippen MR) is 102 cm³/mol. The van der Waals surface area contributed by atoms with Gasteiger partial charge < -0.3 is 20.1 Å². The highest BCUT2D eigenvalue weighted by molar-refractivity contribution is 5.93. The largest absolute Gasteiger partial charge is 0.484 e. The highest BCUT2D eigenvalue weighted by Crippen LogP contribution is 2.20. The first-order valence-corrected chi connectivity index (χ1v) is 8.39. The molecule has 6 heteroatoms. The van der Waals surface area contributed by atoms with Crippen LogP contribution >= 0.6 is 0 Å². The number of methoxy groups -OCH3 is 1. The lowest BCUT2D eigenvalue weighted by Crippen LogP contribution is -2.20. The lowest BCUT2D eigenvalue weighted by atomic mass is 10.0. The summed E-state index contributed by atoms with van der Waals surface area (Å²) in [4.78, 5) is 23.5. The zero-order chi connectivity index (χ0) is 18.9. The summed E-state index contributed by atoms with van der Waals surface area (Å²) in [5.41, 5.74) is 2.42. The van der Waals surface area contributed by atoms with Gasteiger partial charge >= 0.3 is 0 Å². The Bertz CT molecular complexity index is 742. The summed E-state index contributed by atoms with van der Waals surface area (Å²) >= 11 is 0. The standard InChI is InChI=1S/C20H24N2O4/c1-14(2)15-5-4-6-18(11-15)26-13-20(24)22-17-9-7-16(8-10-17)21-19(23)12-25-3/h4-11,14H,12-13H2,1-3H3,(H,21,23)(H,22,24). The molecule has 0 heterocycles. The van der Waals surface area contributed by atoms with Crippen LogP contribution in [0.25, 0.3) is 0 Å². The Balaban J connectivity index is 1.84. The Morgan fingerprint density at radius 2 is 1.50 bits per heavy atom. The number of hydrogen-bond donors (Lipinski definition) is 2. The molecule has 0 aliphatic carbocycles. The van der Waals surface area contributed by atoms with Crippen molar-refractivity contribution in [3.8, 4) is 5.75 Å². The fourth-order valence-corrected chi connectivity index (χ4v) is 2.27. The van der Waals surface area contributed by atoms with Gasteiger partial charge in [-0.15, -0.1) is 0 Å². The van der Waals surface area contributed by atoms with E-state index >= 15 is 0 Å². The van der Waals surface area contributed by atoms with Crippen LogP contribution in [-0.4, -0.2) is 32.1 Å². The van der Waals surface area contributed by atoms with Crippen molar-refractivity contribution >= 4 is 23.2 Å². The van der Waals surface area contributed by atoms with Gasteiger partial charge in [-0.2, -0.15) is 0 Å². The minimum Gasteiger partial charge on any atom is -0.484 e. The van der Waals surface area contributed by atoms with Crippen molar-refractivity contribution in [3.63, 3.8) is 0 Å². The average molecular weight is 356 g/mol. The Hall–Kier alpha value is -2.86. The van der Waals surface area contributed by atoms with Crippen LogP contribution in [0, 0.1) is 0 Å². The molecule has 2 aromatic carbocycles. The van der Waals surface area contributed by atoms with Gasteiger partial charge in [0, 0.05) is 18.5 Å². The topological polar surface area (TPSA) is 76.7 Å². The second-order valence-corrected chi connectivity index (χ2v) is 6.12. The van der Waals surface area contributed by atoms with Crippen LogP contribution in [0.2, 0.25) is 0 Å². The summed E-state index contributed by atoms with van der Waals surface area (Å²) in [5.74, 6) is 0.579. The molecule has 0 fully saturated rings. The molecule has 0 unspecified atom stereocenters. The lowest BCUT2D eigenvalue weighted by Gasteiger charge is -2.11. The van der Waals surface area contributed by atoms with Gasteiger partial charge in [-0.05, 0) is 47.9 Å². The summed E-state index contributed by atoms with van der Waals surface area (Å²) in [6.07, 6.45) is 0. The van der Waals surface area contributed by atoms with E-state index in [4.69, 9.17) is 9.47 Å². The van der Waals surface area contributed by atoms with E-state index in [1.165, 1.54) is 7.11 Å². The number of benzene rings is 2. The van der Waals surface area contributed by atoms with Crippen LogP contribution in [-0.2, 0) is 14.3 Å². The minimum absolute atomic E-state index is 0.00612. The first kappa shape index (κ1) is 19.5. The third-order valence-corrected chi connectivity index (χ3v) is 3.62. The van der Waals surface area contributed by atoms with E-state index in [2.05, 4.69) is 24.5 Å². The quantitative estimate of drug-likeness (QED) is 0.760. The summed E-state index contributed by atoms with van der Waals surface area (Å²) in [6, 6.07) is 14.5. The van der Waals surface area contributed by atoms with Crippen LogP contribution in [0.15, 0.2) is 48.5 Å². The fourth-order valence-electron chi connectivity index (χ4n) is 2.27. The van der Waals surface area contributed by atoms with Crippen molar-refractivity contribution in [2.75, 3.05) is 31.0 Å². The van der Waals surface area contributed by atoms with Gasteiger partial charge in [-0.3, -0.25) is 9.59 Å². The number of nitrogens with one attached hydrogen (secondary N) is 2. The van der Waals surface area contributed by atoms with Crippen molar-refractivity contribution in [1.82, 2.24) is 0 Å². The number of rotatable bonds is 8. The molecule has 0 aromatic heterocycles. The van der Waals surface area contributed by atoms with Gasteiger partial charge in [0.25, 0.3) is 5.91 Å². The molecule has 2 aromatic rings. The molecule has 0 saturated carbocycles. The first-order chi connectivity index (χ1) is 12.5. The average Bonchev–Trinajstić information content (AvgIpc) is 2.62. The number of anilines is 2. The molecule has 0 aliphatic heterocycles. The molecule has 138 valence electrons. The Morgan fingerprint density at radius 3 is 2.04 bits per heavy atom. The molecule has 0 bridgehead atoms. The van der Waals surface area contributed by atoms with E-state index in [1.807, 2.05) is 24.3 Å². The van der Waals surface area contributed by atoms with E-state index in [-0.39, 0.29) is 25.0 Å². The fraction of sp³-hybridized carbons (Fsp3) is 0.300. The van der Waals surface area contributed by atoms with E-state index in [1.54, 1.807) is 24.3 Å². The summed E-state index contributed by atoms with van der Waals surface area (Å²) in [6.45, 7) is 4.13. The maximum Gasteiger partial charge on any atom is 0.262 e. The van der Waals surface area contributed by atoms with Crippen molar-refractivity contribution in [2.24, 2.45) is 0 Å². The van der Waals surface area contributed by atoms with E-state index in [0.29, 0.717) is 23.0 Å². The van der Waals surface area contributed by atoms with Crippen molar-refractivity contribution in [3.05, 3.63) is 54.1 Å². The van der Waals surface area contributed by atoms with Gasteiger partial charge in [-0.25, -0.2) is 0 Å². The zero-order valence-electron chi connectivity index (χ0n) is 15.2. The second-order valence-electron chi connectivity index (χ2n) is 6.12. The number of ether oxygens (including phenoxy) is 2. The van der Waals surface area contributed by atoms with Crippen LogP contribution < -0.4 is 15.4 Å². The molecular formula is C20H24N2O4. The van der Waals surface area contributed by atoms with E-state index in [0.717, 1.165) is 5.56 Å². The molecule has 0 aliphatic rings. The highest BCUT2D eigenvalue weighted by atomic mass is 16.5. The van der Waals surface area contributed by atoms with Crippen LogP contribution in [0.5, 0.6) is 5.75 Å². The van der Waals surface area contributed by atoms with Crippen LogP contribution in [0.4, 0.5) is 11.4 Å². The van der Waals surface area contributed by atoms with Gasteiger partial charge in [0.05, 0.1) is 0 Å². The van der Waals surface area contributed by atoms with Crippen LogP contribution in [0.3, 0.4) is 0 Å². The summed E-state index contributed by atoms with van der Waals surface area (Å²) in [5, 5.41) is 5.44. The van der Waals surface area contributed by atoms with Gasteiger partial charge in [-0.1, -0.05) is 26.0 Å². The molecule has 2 rings (SSSR count). The Morgan fingerprint density at radius 1 is 0.923 bits per heavy atom. The molecule has 0 spiro atoms. The summed E-state index contributed by atoms with van der Waals surface area (Å²) in [7, 11) is 1.46. The third kappa shape index (κ3) is 6.22. The van der Waals surface area contributed by atoms with Crippen LogP contribution in [0.1, 0.15) is 25.3 Å².